The number of aryl methyl sites for hydroxylation is 2. The Balaban J connectivity index is 1.80. The smallest absolute Gasteiger partial charge is 0.0435 e. The Morgan fingerprint density at radius 3 is 2.39 bits per heavy atom. The summed E-state index contributed by atoms with van der Waals surface area (Å²) in [7, 11) is 0. The summed E-state index contributed by atoms with van der Waals surface area (Å²) >= 11 is 0. The number of fused-ring (bicyclic) bond motifs is 2. The van der Waals surface area contributed by atoms with Crippen molar-refractivity contribution in [3.8, 4) is 0 Å². The topological polar surface area (TPSA) is 3.24 Å². The van der Waals surface area contributed by atoms with E-state index in [-0.39, 0.29) is 0 Å². The molecule has 0 N–H and O–H groups in total. The minimum atomic E-state index is 1.19. The molecule has 0 saturated carbocycles. The number of rotatable bonds is 1. The van der Waals surface area contributed by atoms with Crippen LogP contribution in [0.15, 0.2) is 17.7 Å². The van der Waals surface area contributed by atoms with Gasteiger partial charge in [0.2, 0.25) is 0 Å². The molecule has 0 amide bonds. The fourth-order valence-electron chi connectivity index (χ4n) is 4.02. The van der Waals surface area contributed by atoms with Crippen molar-refractivity contribution in [2.24, 2.45) is 0 Å². The Morgan fingerprint density at radius 1 is 0.889 bits per heavy atom. The monoisotopic (exact) mass is 239 g/mol. The second-order valence-electron chi connectivity index (χ2n) is 6.13. The first-order chi connectivity index (χ1) is 8.83. The van der Waals surface area contributed by atoms with Gasteiger partial charge in [0.1, 0.15) is 0 Å². The van der Waals surface area contributed by atoms with Gasteiger partial charge in [-0.25, -0.2) is 0 Å². The molecule has 0 atom stereocenters. The molecule has 0 spiro atoms. The van der Waals surface area contributed by atoms with Gasteiger partial charge in [-0.3, -0.25) is 0 Å². The van der Waals surface area contributed by atoms with Crippen molar-refractivity contribution in [1.29, 1.82) is 0 Å². The van der Waals surface area contributed by atoms with Crippen molar-refractivity contribution >= 4 is 5.70 Å². The highest BCUT2D eigenvalue weighted by atomic mass is 15.2. The van der Waals surface area contributed by atoms with E-state index >= 15 is 0 Å². The van der Waals surface area contributed by atoms with E-state index in [0.29, 0.717) is 0 Å². The van der Waals surface area contributed by atoms with Crippen molar-refractivity contribution in [3.05, 3.63) is 40.0 Å². The molecule has 4 rings (SSSR count). The molecule has 0 unspecified atom stereocenters. The van der Waals surface area contributed by atoms with E-state index in [1.54, 1.807) is 33.5 Å². The molecule has 1 fully saturated rings. The first-order valence-electron chi connectivity index (χ1n) is 7.42. The maximum absolute atomic E-state index is 2.63. The van der Waals surface area contributed by atoms with Gasteiger partial charge in [0.15, 0.2) is 0 Å². The molecule has 18 heavy (non-hydrogen) atoms. The largest absolute Gasteiger partial charge is 0.371 e. The van der Waals surface area contributed by atoms with Crippen LogP contribution in [0.1, 0.15) is 48.4 Å². The van der Waals surface area contributed by atoms with E-state index < -0.39 is 0 Å². The van der Waals surface area contributed by atoms with Gasteiger partial charge in [0.25, 0.3) is 0 Å². The van der Waals surface area contributed by atoms with E-state index in [2.05, 4.69) is 24.0 Å². The summed E-state index contributed by atoms with van der Waals surface area (Å²) in [4.78, 5) is 2.63. The summed E-state index contributed by atoms with van der Waals surface area (Å²) in [5.41, 5.74) is 9.59. The Morgan fingerprint density at radius 2 is 1.61 bits per heavy atom. The maximum atomic E-state index is 2.63. The van der Waals surface area contributed by atoms with E-state index in [4.69, 9.17) is 0 Å². The van der Waals surface area contributed by atoms with Crippen molar-refractivity contribution in [2.45, 2.75) is 45.4 Å². The third-order valence-electron chi connectivity index (χ3n) is 4.85. The lowest BCUT2D eigenvalue weighted by Gasteiger charge is -2.22. The van der Waals surface area contributed by atoms with Crippen LogP contribution in [0.2, 0.25) is 0 Å². The van der Waals surface area contributed by atoms with Gasteiger partial charge in [-0.05, 0) is 73.8 Å². The van der Waals surface area contributed by atoms with Gasteiger partial charge in [-0.15, -0.1) is 0 Å². The summed E-state index contributed by atoms with van der Waals surface area (Å²) in [6.45, 7) is 4.87. The molecule has 94 valence electrons. The summed E-state index contributed by atoms with van der Waals surface area (Å²) in [5.74, 6) is 0. The molecule has 1 heteroatoms. The van der Waals surface area contributed by atoms with E-state index in [1.807, 2.05) is 0 Å². The second kappa shape index (κ2) is 3.88. The molecule has 1 saturated heterocycles. The average molecular weight is 239 g/mol. The van der Waals surface area contributed by atoms with Gasteiger partial charge in [-0.2, -0.15) is 0 Å². The summed E-state index contributed by atoms with van der Waals surface area (Å²) < 4.78 is 0. The molecule has 1 aromatic carbocycles. The van der Waals surface area contributed by atoms with E-state index in [0.717, 1.165) is 0 Å². The SMILES string of the molecule is CC1=C(N2CCCC2)c2cc3c(cc2C1)CCC3. The molecular weight excluding hydrogens is 218 g/mol. The first kappa shape index (κ1) is 10.7. The summed E-state index contributed by atoms with van der Waals surface area (Å²) in [6.07, 6.45) is 7.90. The highest BCUT2D eigenvalue weighted by Gasteiger charge is 2.27. The minimum Gasteiger partial charge on any atom is -0.371 e. The molecule has 0 bridgehead atoms. The summed E-state index contributed by atoms with van der Waals surface area (Å²) in [5, 5.41) is 0. The molecule has 0 radical (unpaired) electrons. The van der Waals surface area contributed by atoms with Gasteiger partial charge < -0.3 is 4.90 Å². The number of likely N-dealkylation sites (tertiary alicyclic amines) is 1. The maximum Gasteiger partial charge on any atom is 0.0435 e. The molecule has 1 heterocycles. The van der Waals surface area contributed by atoms with Crippen LogP contribution < -0.4 is 0 Å². The third-order valence-corrected chi connectivity index (χ3v) is 4.85. The predicted molar refractivity (Wildman–Crippen MR) is 75.6 cm³/mol. The van der Waals surface area contributed by atoms with E-state index in [1.165, 1.54) is 51.6 Å². The molecule has 1 aliphatic heterocycles. The Bertz CT molecular complexity index is 533. The zero-order valence-corrected chi connectivity index (χ0v) is 11.3. The van der Waals surface area contributed by atoms with Crippen LogP contribution in [0.25, 0.3) is 5.70 Å². The molecular formula is C17H21N. The number of nitrogens with zero attached hydrogens (tertiary/aromatic N) is 1. The molecule has 2 aliphatic carbocycles. The summed E-state index contributed by atoms with van der Waals surface area (Å²) in [6, 6.07) is 5.02. The van der Waals surface area contributed by atoms with Gasteiger partial charge in [0, 0.05) is 24.4 Å². The predicted octanol–water partition coefficient (Wildman–Crippen LogP) is 3.56. The van der Waals surface area contributed by atoms with Crippen LogP contribution >= 0.6 is 0 Å². The average Bonchev–Trinajstić information content (AvgIpc) is 3.02. The molecule has 1 aromatic rings. The number of hydrogen-bond donors (Lipinski definition) is 0. The zero-order valence-electron chi connectivity index (χ0n) is 11.3. The minimum absolute atomic E-state index is 1.19. The molecule has 3 aliphatic rings. The lowest BCUT2D eigenvalue weighted by atomic mass is 10.0. The van der Waals surface area contributed by atoms with Crippen LogP contribution in [-0.2, 0) is 19.3 Å². The fourth-order valence-corrected chi connectivity index (χ4v) is 4.02. The third kappa shape index (κ3) is 1.46. The molecule has 0 aromatic heterocycles. The standard InChI is InChI=1S/C17H21N/c1-12-9-15-10-13-5-4-6-14(13)11-16(15)17(12)18-7-2-3-8-18/h10-11H,2-9H2,1H3. The Kier molecular flexibility index (Phi) is 2.30. The lowest BCUT2D eigenvalue weighted by Crippen LogP contribution is -2.17. The van der Waals surface area contributed by atoms with E-state index in [9.17, 15) is 0 Å². The molecule has 1 nitrogen and oxygen atoms in total. The number of hydrogen-bond acceptors (Lipinski definition) is 1. The Hall–Kier alpha value is -1.24. The van der Waals surface area contributed by atoms with Crippen LogP contribution in [-0.4, -0.2) is 18.0 Å². The van der Waals surface area contributed by atoms with Crippen LogP contribution in [0.3, 0.4) is 0 Å². The van der Waals surface area contributed by atoms with Crippen molar-refractivity contribution in [3.63, 3.8) is 0 Å². The normalized spacial score (nSPS) is 21.7. The van der Waals surface area contributed by atoms with Gasteiger partial charge >= 0.3 is 0 Å². The lowest BCUT2D eigenvalue weighted by molar-refractivity contribution is 0.491. The zero-order chi connectivity index (χ0) is 12.1. The van der Waals surface area contributed by atoms with Crippen LogP contribution in [0, 0.1) is 0 Å². The Labute approximate surface area is 109 Å². The fraction of sp³-hybridized carbons (Fsp3) is 0.529. The number of benzene rings is 1. The first-order valence-corrected chi connectivity index (χ1v) is 7.42. The van der Waals surface area contributed by atoms with Gasteiger partial charge in [0.05, 0.1) is 0 Å². The van der Waals surface area contributed by atoms with Crippen molar-refractivity contribution < 1.29 is 0 Å². The quantitative estimate of drug-likeness (QED) is 0.724. The van der Waals surface area contributed by atoms with Crippen molar-refractivity contribution in [1.82, 2.24) is 4.90 Å². The van der Waals surface area contributed by atoms with Gasteiger partial charge in [-0.1, -0.05) is 6.07 Å². The highest BCUT2D eigenvalue weighted by Crippen LogP contribution is 2.39. The van der Waals surface area contributed by atoms with Crippen LogP contribution in [0.5, 0.6) is 0 Å². The number of allylic oxidation sites excluding steroid dienone is 1. The highest BCUT2D eigenvalue weighted by molar-refractivity contribution is 5.76. The van der Waals surface area contributed by atoms with Crippen LogP contribution in [0.4, 0.5) is 0 Å². The second-order valence-corrected chi connectivity index (χ2v) is 6.13. The van der Waals surface area contributed by atoms with Crippen molar-refractivity contribution in [2.75, 3.05) is 13.1 Å².